The van der Waals surface area contributed by atoms with Crippen molar-refractivity contribution in [1.29, 1.82) is 0 Å². The standard InChI is InChI=1S/C21H21F6N5O3/c1-20(2,3)17(10-6-12(23)13(24)7-11(10)22)14(35-19(28)34)8-16(33)31-4-5-32-15(9-31)29-30-18(32)21(25,26)27/h6-8,17H,4-5,9H2,1-3H3,(H2,28,34). The van der Waals surface area contributed by atoms with Crippen LogP contribution in [0.3, 0.4) is 0 Å². The Morgan fingerprint density at radius 2 is 1.69 bits per heavy atom. The van der Waals surface area contributed by atoms with E-state index in [-0.39, 0.29) is 25.5 Å². The Morgan fingerprint density at radius 1 is 1.06 bits per heavy atom. The molecule has 14 heteroatoms. The van der Waals surface area contributed by atoms with Crippen LogP contribution in [0.5, 0.6) is 0 Å². The quantitative estimate of drug-likeness (QED) is 0.294. The van der Waals surface area contributed by atoms with E-state index >= 15 is 0 Å². The molecule has 8 nitrogen and oxygen atoms in total. The Labute approximate surface area is 195 Å². The van der Waals surface area contributed by atoms with Crippen LogP contribution >= 0.6 is 0 Å². The van der Waals surface area contributed by atoms with Crippen LogP contribution in [0.15, 0.2) is 24.0 Å². The molecule has 0 radical (unpaired) electrons. The fourth-order valence-corrected chi connectivity index (χ4v) is 3.86. The van der Waals surface area contributed by atoms with Crippen LogP contribution in [0, 0.1) is 22.9 Å². The number of primary amides is 1. The number of amides is 2. The second-order valence-electron chi connectivity index (χ2n) is 8.90. The molecule has 0 saturated carbocycles. The van der Waals surface area contributed by atoms with Gasteiger partial charge in [0.1, 0.15) is 11.6 Å². The van der Waals surface area contributed by atoms with Gasteiger partial charge in [0.05, 0.1) is 12.5 Å². The minimum Gasteiger partial charge on any atom is -0.414 e. The monoisotopic (exact) mass is 505 g/mol. The van der Waals surface area contributed by atoms with E-state index < -0.39 is 64.1 Å². The average Bonchev–Trinajstić information content (AvgIpc) is 3.14. The van der Waals surface area contributed by atoms with Gasteiger partial charge in [0.2, 0.25) is 11.7 Å². The number of rotatable bonds is 4. The number of carbonyl (C=O) groups excluding carboxylic acids is 2. The molecule has 0 spiro atoms. The van der Waals surface area contributed by atoms with Crippen molar-refractivity contribution in [2.24, 2.45) is 11.1 Å². The van der Waals surface area contributed by atoms with Gasteiger partial charge in [-0.25, -0.2) is 18.0 Å². The third kappa shape index (κ3) is 5.57. The Morgan fingerprint density at radius 3 is 2.26 bits per heavy atom. The molecule has 1 unspecified atom stereocenters. The van der Waals surface area contributed by atoms with E-state index in [1.54, 1.807) is 20.8 Å². The molecule has 0 fully saturated rings. The van der Waals surface area contributed by atoms with E-state index in [9.17, 15) is 35.9 Å². The minimum absolute atomic E-state index is 0.123. The Bertz CT molecular complexity index is 1190. The maximum absolute atomic E-state index is 14.7. The summed E-state index contributed by atoms with van der Waals surface area (Å²) in [6, 6.07) is 0.911. The predicted octanol–water partition coefficient (Wildman–Crippen LogP) is 3.87. The first-order chi connectivity index (χ1) is 16.1. The maximum atomic E-state index is 14.7. The first-order valence-electron chi connectivity index (χ1n) is 10.2. The molecule has 1 aliphatic rings. The van der Waals surface area contributed by atoms with Gasteiger partial charge in [0.25, 0.3) is 0 Å². The van der Waals surface area contributed by atoms with Gasteiger partial charge in [0, 0.05) is 30.8 Å². The number of nitrogens with zero attached hydrogens (tertiary/aromatic N) is 4. The smallest absolute Gasteiger partial charge is 0.414 e. The van der Waals surface area contributed by atoms with Crippen LogP contribution in [0.4, 0.5) is 31.1 Å². The number of halogens is 6. The molecule has 1 atom stereocenters. The Hall–Kier alpha value is -3.58. The number of alkyl halides is 3. The third-order valence-electron chi connectivity index (χ3n) is 5.30. The number of benzene rings is 1. The fraction of sp³-hybridized carbons (Fsp3) is 0.429. The average molecular weight is 505 g/mol. The molecule has 2 aromatic rings. The van der Waals surface area contributed by atoms with Crippen LogP contribution in [0.2, 0.25) is 0 Å². The molecule has 3 rings (SSSR count). The van der Waals surface area contributed by atoms with Crippen molar-refractivity contribution in [3.8, 4) is 0 Å². The van der Waals surface area contributed by atoms with Gasteiger partial charge >= 0.3 is 12.3 Å². The SMILES string of the molecule is CC(C)(C)C(C(=CC(=O)N1CCn2c(nnc2C(F)(F)F)C1)OC(N)=O)c1cc(F)c(F)cc1F. The summed E-state index contributed by atoms with van der Waals surface area (Å²) in [7, 11) is 0. The van der Waals surface area contributed by atoms with Crippen LogP contribution in [0.25, 0.3) is 0 Å². The molecule has 2 amide bonds. The zero-order valence-corrected chi connectivity index (χ0v) is 18.8. The van der Waals surface area contributed by atoms with Crippen molar-refractivity contribution in [3.05, 3.63) is 58.6 Å². The lowest BCUT2D eigenvalue weighted by Crippen LogP contribution is -2.39. The Kier molecular flexibility index (Phi) is 6.86. The number of nitrogens with two attached hydrogens (primary N) is 1. The molecule has 2 N–H and O–H groups in total. The van der Waals surface area contributed by atoms with Crippen molar-refractivity contribution in [2.75, 3.05) is 6.54 Å². The van der Waals surface area contributed by atoms with Gasteiger partial charge in [-0.3, -0.25) is 4.79 Å². The number of allylic oxidation sites excluding steroid dienone is 1. The fourth-order valence-electron chi connectivity index (χ4n) is 3.86. The largest absolute Gasteiger partial charge is 0.451 e. The molecule has 35 heavy (non-hydrogen) atoms. The molecule has 2 heterocycles. The number of ether oxygens (including phenoxy) is 1. The topological polar surface area (TPSA) is 103 Å². The summed E-state index contributed by atoms with van der Waals surface area (Å²) in [6.07, 6.45) is -5.26. The molecule has 190 valence electrons. The van der Waals surface area contributed by atoms with Crippen LogP contribution in [-0.2, 0) is 28.8 Å². The van der Waals surface area contributed by atoms with E-state index in [1.807, 2.05) is 0 Å². The van der Waals surface area contributed by atoms with E-state index in [2.05, 4.69) is 10.2 Å². The molecular weight excluding hydrogens is 484 g/mol. The lowest BCUT2D eigenvalue weighted by Gasteiger charge is -2.33. The molecular formula is C21H21F6N5O3. The van der Waals surface area contributed by atoms with Gasteiger partial charge < -0.3 is 19.9 Å². The van der Waals surface area contributed by atoms with E-state index in [0.29, 0.717) is 12.1 Å². The second kappa shape index (κ2) is 9.23. The highest BCUT2D eigenvalue weighted by Gasteiger charge is 2.40. The summed E-state index contributed by atoms with van der Waals surface area (Å²) in [5.74, 6) is -7.83. The van der Waals surface area contributed by atoms with Gasteiger partial charge in [-0.15, -0.1) is 10.2 Å². The zero-order chi connectivity index (χ0) is 26.3. The minimum atomic E-state index is -4.73. The molecule has 0 aliphatic carbocycles. The second-order valence-corrected chi connectivity index (χ2v) is 8.90. The first kappa shape index (κ1) is 26.0. The molecule has 1 aliphatic heterocycles. The van der Waals surface area contributed by atoms with E-state index in [1.165, 1.54) is 0 Å². The summed E-state index contributed by atoms with van der Waals surface area (Å²) >= 11 is 0. The summed E-state index contributed by atoms with van der Waals surface area (Å²) < 4.78 is 87.1. The normalized spacial score (nSPS) is 15.6. The van der Waals surface area contributed by atoms with Gasteiger partial charge in [0.15, 0.2) is 17.5 Å². The van der Waals surface area contributed by atoms with E-state index in [4.69, 9.17) is 10.5 Å². The molecule has 0 bridgehead atoms. The third-order valence-corrected chi connectivity index (χ3v) is 5.30. The maximum Gasteiger partial charge on any atom is 0.451 e. The highest BCUT2D eigenvalue weighted by molar-refractivity contribution is 5.88. The van der Waals surface area contributed by atoms with Crippen molar-refractivity contribution >= 4 is 12.0 Å². The van der Waals surface area contributed by atoms with Crippen molar-refractivity contribution in [1.82, 2.24) is 19.7 Å². The molecule has 0 saturated heterocycles. The first-order valence-corrected chi connectivity index (χ1v) is 10.2. The van der Waals surface area contributed by atoms with E-state index in [0.717, 1.165) is 15.5 Å². The van der Waals surface area contributed by atoms with Gasteiger partial charge in [-0.1, -0.05) is 20.8 Å². The highest BCUT2D eigenvalue weighted by Crippen LogP contribution is 2.43. The van der Waals surface area contributed by atoms with Crippen molar-refractivity contribution in [2.45, 2.75) is 46.0 Å². The Balaban J connectivity index is 2.00. The number of hydrogen-bond acceptors (Lipinski definition) is 5. The lowest BCUT2D eigenvalue weighted by atomic mass is 9.74. The number of fused-ring (bicyclic) bond motifs is 1. The highest BCUT2D eigenvalue weighted by atomic mass is 19.4. The van der Waals surface area contributed by atoms with Crippen LogP contribution in [-0.4, -0.2) is 38.2 Å². The van der Waals surface area contributed by atoms with Gasteiger partial charge in [-0.2, -0.15) is 13.2 Å². The van der Waals surface area contributed by atoms with Crippen LogP contribution < -0.4 is 5.73 Å². The zero-order valence-electron chi connectivity index (χ0n) is 18.8. The van der Waals surface area contributed by atoms with Crippen molar-refractivity contribution < 1.29 is 40.7 Å². The molecule has 1 aromatic carbocycles. The van der Waals surface area contributed by atoms with Crippen molar-refractivity contribution in [3.63, 3.8) is 0 Å². The summed E-state index contributed by atoms with van der Waals surface area (Å²) in [4.78, 5) is 25.7. The number of hydrogen-bond donors (Lipinski definition) is 1. The lowest BCUT2D eigenvalue weighted by molar-refractivity contribution is -0.148. The number of aromatic nitrogens is 3. The summed E-state index contributed by atoms with van der Waals surface area (Å²) in [5, 5.41) is 6.61. The van der Waals surface area contributed by atoms with Crippen LogP contribution in [0.1, 0.15) is 43.9 Å². The number of carbonyl (C=O) groups is 2. The summed E-state index contributed by atoms with van der Waals surface area (Å²) in [5.41, 5.74) is 3.72. The predicted molar refractivity (Wildman–Crippen MR) is 108 cm³/mol. The molecule has 1 aromatic heterocycles. The van der Waals surface area contributed by atoms with Gasteiger partial charge in [-0.05, 0) is 11.5 Å². The summed E-state index contributed by atoms with van der Waals surface area (Å²) in [6.45, 7) is 3.94.